The van der Waals surface area contributed by atoms with E-state index in [1.807, 2.05) is 0 Å². The predicted molar refractivity (Wildman–Crippen MR) is 67.6 cm³/mol. The van der Waals surface area contributed by atoms with E-state index in [1.54, 1.807) is 13.8 Å². The van der Waals surface area contributed by atoms with E-state index in [2.05, 4.69) is 0 Å². The van der Waals surface area contributed by atoms with Crippen LogP contribution in [0.2, 0.25) is 0 Å². The van der Waals surface area contributed by atoms with Crippen molar-refractivity contribution in [2.45, 2.75) is 18.7 Å². The summed E-state index contributed by atoms with van der Waals surface area (Å²) < 4.78 is 25.5. The van der Waals surface area contributed by atoms with Gasteiger partial charge in [0.05, 0.1) is 9.82 Å². The van der Waals surface area contributed by atoms with E-state index in [1.165, 1.54) is 10.4 Å². The summed E-state index contributed by atoms with van der Waals surface area (Å²) in [6, 6.07) is 3.42. The van der Waals surface area contributed by atoms with Crippen molar-refractivity contribution >= 4 is 21.4 Å². The lowest BCUT2D eigenvalue weighted by atomic mass is 10.3. The van der Waals surface area contributed by atoms with Gasteiger partial charge in [0, 0.05) is 19.2 Å². The van der Waals surface area contributed by atoms with Gasteiger partial charge in [0.15, 0.2) is 0 Å². The van der Waals surface area contributed by atoms with Crippen LogP contribution in [0.25, 0.3) is 0 Å². The van der Waals surface area contributed by atoms with Gasteiger partial charge >= 0.3 is 0 Å². The summed E-state index contributed by atoms with van der Waals surface area (Å²) in [5.41, 5.74) is 5.02. The molecule has 0 fully saturated rings. The first-order valence-corrected chi connectivity index (χ1v) is 6.82. The van der Waals surface area contributed by atoms with Crippen LogP contribution in [0.5, 0.6) is 0 Å². The number of nitrogens with two attached hydrogens (primary N) is 1. The second-order valence-electron chi connectivity index (χ2n) is 3.57. The molecule has 0 spiro atoms. The highest BCUT2D eigenvalue weighted by atomic mass is 32.2. The van der Waals surface area contributed by atoms with E-state index >= 15 is 0 Å². The Labute approximate surface area is 105 Å². The Morgan fingerprint density at radius 1 is 1.33 bits per heavy atom. The topological polar surface area (TPSA) is 107 Å². The van der Waals surface area contributed by atoms with E-state index < -0.39 is 14.9 Å². The fourth-order valence-corrected chi connectivity index (χ4v) is 3.07. The van der Waals surface area contributed by atoms with Gasteiger partial charge in [-0.1, -0.05) is 13.8 Å². The first-order chi connectivity index (χ1) is 8.34. The molecule has 1 aromatic carbocycles. The molecule has 8 heteroatoms. The van der Waals surface area contributed by atoms with Gasteiger partial charge in [-0.05, 0) is 12.1 Å². The summed E-state index contributed by atoms with van der Waals surface area (Å²) in [4.78, 5) is 9.91. The third kappa shape index (κ3) is 2.59. The Balaban J connectivity index is 3.27. The summed E-state index contributed by atoms with van der Waals surface area (Å²) in [6.45, 7) is 4.09. The van der Waals surface area contributed by atoms with Crippen molar-refractivity contribution in [3.05, 3.63) is 28.3 Å². The van der Waals surface area contributed by atoms with Crippen molar-refractivity contribution in [1.29, 1.82) is 0 Å². The highest BCUT2D eigenvalue weighted by molar-refractivity contribution is 7.89. The number of hydrogen-bond acceptors (Lipinski definition) is 5. The number of nitro benzene ring substituents is 1. The van der Waals surface area contributed by atoms with Crippen LogP contribution < -0.4 is 5.73 Å². The van der Waals surface area contributed by atoms with Crippen LogP contribution in [0, 0.1) is 10.1 Å². The zero-order valence-corrected chi connectivity index (χ0v) is 11.0. The third-order valence-corrected chi connectivity index (χ3v) is 4.58. The molecule has 0 aliphatic carbocycles. The van der Waals surface area contributed by atoms with Crippen LogP contribution in [-0.4, -0.2) is 30.7 Å². The minimum atomic E-state index is -3.64. The summed E-state index contributed by atoms with van der Waals surface area (Å²) in [5.74, 6) is 0. The smallest absolute Gasteiger partial charge is 0.292 e. The third-order valence-electron chi connectivity index (χ3n) is 2.54. The molecule has 2 N–H and O–H groups in total. The first-order valence-electron chi connectivity index (χ1n) is 5.38. The Kier molecular flexibility index (Phi) is 4.25. The molecule has 1 aromatic rings. The second-order valence-corrected chi connectivity index (χ2v) is 5.50. The molecule has 0 saturated carbocycles. The van der Waals surface area contributed by atoms with Gasteiger partial charge < -0.3 is 5.73 Å². The summed E-state index contributed by atoms with van der Waals surface area (Å²) in [7, 11) is -3.64. The van der Waals surface area contributed by atoms with E-state index in [0.717, 1.165) is 12.1 Å². The van der Waals surface area contributed by atoms with Crippen LogP contribution >= 0.6 is 0 Å². The maximum absolute atomic E-state index is 12.1. The van der Waals surface area contributed by atoms with Crippen molar-refractivity contribution in [2.24, 2.45) is 0 Å². The van der Waals surface area contributed by atoms with Crippen LogP contribution in [-0.2, 0) is 10.0 Å². The predicted octanol–water partition coefficient (Wildman–Crippen LogP) is 1.21. The molecule has 0 aliphatic rings. The lowest BCUT2D eigenvalue weighted by Crippen LogP contribution is -2.30. The number of anilines is 1. The molecular weight excluding hydrogens is 258 g/mol. The fraction of sp³-hybridized carbons (Fsp3) is 0.400. The van der Waals surface area contributed by atoms with E-state index in [4.69, 9.17) is 5.73 Å². The van der Waals surface area contributed by atoms with Gasteiger partial charge in [-0.25, -0.2) is 8.42 Å². The molecule has 0 aromatic heterocycles. The minimum absolute atomic E-state index is 0.0331. The summed E-state index contributed by atoms with van der Waals surface area (Å²) >= 11 is 0. The SMILES string of the molecule is CCN(CC)S(=O)(=O)c1ccc([N+](=O)[O-])c(N)c1. The monoisotopic (exact) mass is 273 g/mol. The summed E-state index contributed by atoms with van der Waals surface area (Å²) in [5, 5.41) is 10.6. The van der Waals surface area contributed by atoms with Gasteiger partial charge in [-0.3, -0.25) is 10.1 Å². The average molecular weight is 273 g/mol. The molecule has 0 unspecified atom stereocenters. The van der Waals surface area contributed by atoms with Crippen molar-refractivity contribution in [1.82, 2.24) is 4.31 Å². The van der Waals surface area contributed by atoms with Gasteiger partial charge in [0.2, 0.25) is 10.0 Å². The number of nitrogens with zero attached hydrogens (tertiary/aromatic N) is 2. The zero-order valence-electron chi connectivity index (χ0n) is 10.2. The molecule has 1 rings (SSSR count). The Bertz CT molecular complexity index is 552. The number of nitro groups is 1. The summed E-state index contributed by atoms with van der Waals surface area (Å²) in [6.07, 6.45) is 0. The molecule has 18 heavy (non-hydrogen) atoms. The molecule has 0 amide bonds. The molecule has 0 atom stereocenters. The van der Waals surface area contributed by atoms with Crippen molar-refractivity contribution < 1.29 is 13.3 Å². The highest BCUT2D eigenvalue weighted by Crippen LogP contribution is 2.26. The largest absolute Gasteiger partial charge is 0.393 e. The van der Waals surface area contributed by atoms with E-state index in [9.17, 15) is 18.5 Å². The van der Waals surface area contributed by atoms with Crippen molar-refractivity contribution in [3.8, 4) is 0 Å². The Hall–Kier alpha value is -1.67. The first kappa shape index (κ1) is 14.4. The van der Waals surface area contributed by atoms with Crippen molar-refractivity contribution in [3.63, 3.8) is 0 Å². The number of hydrogen-bond donors (Lipinski definition) is 1. The van der Waals surface area contributed by atoms with Crippen LogP contribution in [0.1, 0.15) is 13.8 Å². The molecule has 7 nitrogen and oxygen atoms in total. The zero-order chi connectivity index (χ0) is 13.9. The van der Waals surface area contributed by atoms with E-state index in [-0.39, 0.29) is 16.3 Å². The van der Waals surface area contributed by atoms with Gasteiger partial charge in [0.1, 0.15) is 5.69 Å². The quantitative estimate of drug-likeness (QED) is 0.493. The number of benzene rings is 1. The molecule has 0 saturated heterocycles. The number of rotatable bonds is 5. The molecule has 0 bridgehead atoms. The molecule has 0 heterocycles. The van der Waals surface area contributed by atoms with Gasteiger partial charge in [-0.15, -0.1) is 0 Å². The fourth-order valence-electron chi connectivity index (χ4n) is 1.57. The highest BCUT2D eigenvalue weighted by Gasteiger charge is 2.23. The van der Waals surface area contributed by atoms with E-state index in [0.29, 0.717) is 13.1 Å². The maximum atomic E-state index is 12.1. The lowest BCUT2D eigenvalue weighted by Gasteiger charge is -2.18. The molecular formula is C10H15N3O4S. The maximum Gasteiger partial charge on any atom is 0.292 e. The Morgan fingerprint density at radius 2 is 1.89 bits per heavy atom. The molecule has 100 valence electrons. The Morgan fingerprint density at radius 3 is 2.28 bits per heavy atom. The molecule has 0 radical (unpaired) electrons. The minimum Gasteiger partial charge on any atom is -0.393 e. The number of sulfonamides is 1. The van der Waals surface area contributed by atoms with Crippen LogP contribution in [0.15, 0.2) is 23.1 Å². The lowest BCUT2D eigenvalue weighted by molar-refractivity contribution is -0.383. The van der Waals surface area contributed by atoms with Crippen LogP contribution in [0.3, 0.4) is 0 Å². The second kappa shape index (κ2) is 5.32. The standard InChI is InChI=1S/C10H15N3O4S/c1-3-12(4-2)18(16,17)8-5-6-10(13(14)15)9(11)7-8/h5-7H,3-4,11H2,1-2H3. The number of nitrogen functional groups attached to an aromatic ring is 1. The van der Waals surface area contributed by atoms with Crippen molar-refractivity contribution in [2.75, 3.05) is 18.8 Å². The van der Waals surface area contributed by atoms with Crippen LogP contribution in [0.4, 0.5) is 11.4 Å². The average Bonchev–Trinajstić information content (AvgIpc) is 2.29. The molecule has 0 aliphatic heterocycles. The van der Waals surface area contributed by atoms with Gasteiger partial charge in [0.25, 0.3) is 5.69 Å². The normalized spacial score (nSPS) is 11.7. The van der Waals surface area contributed by atoms with Gasteiger partial charge in [-0.2, -0.15) is 4.31 Å².